The lowest BCUT2D eigenvalue weighted by Gasteiger charge is -2.06. The number of hydrogen-bond acceptors (Lipinski definition) is 3. The summed E-state index contributed by atoms with van der Waals surface area (Å²) in [6.45, 7) is 0. The molecule has 1 aromatic rings. The van der Waals surface area contributed by atoms with Crippen molar-refractivity contribution in [1.82, 2.24) is 4.98 Å². The smallest absolute Gasteiger partial charge is 0.324 e. The second-order valence-corrected chi connectivity index (χ2v) is 2.80. The molecular formula is C8H10F3N3. The molecule has 0 aliphatic rings. The van der Waals surface area contributed by atoms with E-state index in [4.69, 9.17) is 5.84 Å². The van der Waals surface area contributed by atoms with E-state index in [0.29, 0.717) is 11.4 Å². The fourth-order valence-electron chi connectivity index (χ4n) is 0.974. The number of nitrogens with zero attached hydrogens (tertiary/aromatic N) is 1. The lowest BCUT2D eigenvalue weighted by molar-refractivity contribution is -0.134. The Morgan fingerprint density at radius 1 is 1.43 bits per heavy atom. The van der Waals surface area contributed by atoms with Gasteiger partial charge in [0.15, 0.2) is 0 Å². The van der Waals surface area contributed by atoms with Gasteiger partial charge in [-0.15, -0.1) is 0 Å². The summed E-state index contributed by atoms with van der Waals surface area (Å²) in [5.74, 6) is 5.10. The highest BCUT2D eigenvalue weighted by molar-refractivity contribution is 5.41. The zero-order chi connectivity index (χ0) is 10.6. The van der Waals surface area contributed by atoms with Gasteiger partial charge in [-0.25, -0.2) is 0 Å². The minimum atomic E-state index is -4.15. The van der Waals surface area contributed by atoms with E-state index in [1.54, 1.807) is 6.07 Å². The van der Waals surface area contributed by atoms with E-state index in [0.717, 1.165) is 0 Å². The van der Waals surface area contributed by atoms with E-state index in [1.807, 2.05) is 0 Å². The predicted molar refractivity (Wildman–Crippen MR) is 46.4 cm³/mol. The summed E-state index contributed by atoms with van der Waals surface area (Å²) >= 11 is 0. The standard InChI is InChI=1S/C8H10F3N3/c9-8(10,11)3-1-6-5-7(14-12)2-4-13-6/h2,4-5H,1,3,12H2,(H,13,14). The summed E-state index contributed by atoms with van der Waals surface area (Å²) in [5, 5.41) is 0. The molecule has 0 spiro atoms. The normalized spacial score (nSPS) is 11.4. The molecule has 1 rings (SSSR count). The number of aromatic nitrogens is 1. The molecule has 1 heterocycles. The SMILES string of the molecule is NNc1ccnc(CCC(F)(F)F)c1. The van der Waals surface area contributed by atoms with Crippen molar-refractivity contribution in [3.05, 3.63) is 24.0 Å². The third-order valence-electron chi connectivity index (χ3n) is 1.65. The van der Waals surface area contributed by atoms with E-state index >= 15 is 0 Å². The van der Waals surface area contributed by atoms with Crippen molar-refractivity contribution in [1.29, 1.82) is 0 Å². The molecule has 0 aliphatic heterocycles. The maximum atomic E-state index is 11.9. The van der Waals surface area contributed by atoms with Gasteiger partial charge in [-0.3, -0.25) is 10.8 Å². The molecule has 3 nitrogen and oxygen atoms in total. The molecular weight excluding hydrogens is 195 g/mol. The van der Waals surface area contributed by atoms with Gasteiger partial charge >= 0.3 is 6.18 Å². The second kappa shape index (κ2) is 4.28. The first-order chi connectivity index (χ1) is 6.51. The van der Waals surface area contributed by atoms with E-state index in [1.165, 1.54) is 12.3 Å². The lowest BCUT2D eigenvalue weighted by atomic mass is 10.2. The first kappa shape index (κ1) is 10.8. The maximum absolute atomic E-state index is 11.9. The third kappa shape index (κ3) is 3.61. The van der Waals surface area contributed by atoms with Gasteiger partial charge in [0.2, 0.25) is 0 Å². The summed E-state index contributed by atoms with van der Waals surface area (Å²) < 4.78 is 35.6. The molecule has 0 radical (unpaired) electrons. The number of halogens is 3. The molecule has 0 unspecified atom stereocenters. The molecule has 1 aromatic heterocycles. The summed E-state index contributed by atoms with van der Waals surface area (Å²) in [7, 11) is 0. The molecule has 0 saturated heterocycles. The van der Waals surface area contributed by atoms with Gasteiger partial charge in [0, 0.05) is 18.3 Å². The fourth-order valence-corrected chi connectivity index (χ4v) is 0.974. The molecule has 0 amide bonds. The van der Waals surface area contributed by atoms with Crippen LogP contribution in [0.4, 0.5) is 18.9 Å². The van der Waals surface area contributed by atoms with Crippen molar-refractivity contribution in [3.8, 4) is 0 Å². The molecule has 14 heavy (non-hydrogen) atoms. The summed E-state index contributed by atoms with van der Waals surface area (Å²) in [4.78, 5) is 3.79. The number of nitrogen functional groups attached to an aromatic ring is 1. The Balaban J connectivity index is 2.59. The number of hydrogen-bond donors (Lipinski definition) is 2. The van der Waals surface area contributed by atoms with Crippen LogP contribution in [-0.2, 0) is 6.42 Å². The number of hydrazine groups is 1. The average Bonchev–Trinajstić information content (AvgIpc) is 2.14. The molecule has 6 heteroatoms. The number of aryl methyl sites for hydroxylation is 1. The zero-order valence-electron chi connectivity index (χ0n) is 7.30. The lowest BCUT2D eigenvalue weighted by Crippen LogP contribution is -2.10. The molecule has 0 fully saturated rings. The maximum Gasteiger partial charge on any atom is 0.389 e. The van der Waals surface area contributed by atoms with Crippen molar-refractivity contribution in [2.45, 2.75) is 19.0 Å². The van der Waals surface area contributed by atoms with Crippen molar-refractivity contribution in [2.75, 3.05) is 5.43 Å². The summed E-state index contributed by atoms with van der Waals surface area (Å²) in [6, 6.07) is 3.07. The van der Waals surface area contributed by atoms with Crippen LogP contribution in [0.25, 0.3) is 0 Å². The Morgan fingerprint density at radius 2 is 2.14 bits per heavy atom. The van der Waals surface area contributed by atoms with E-state index < -0.39 is 12.6 Å². The van der Waals surface area contributed by atoms with Crippen molar-refractivity contribution in [2.24, 2.45) is 5.84 Å². The number of rotatable bonds is 3. The monoisotopic (exact) mass is 205 g/mol. The van der Waals surface area contributed by atoms with Crippen LogP contribution in [0.2, 0.25) is 0 Å². The van der Waals surface area contributed by atoms with Crippen LogP contribution in [0.5, 0.6) is 0 Å². The largest absolute Gasteiger partial charge is 0.389 e. The van der Waals surface area contributed by atoms with Gasteiger partial charge in [-0.1, -0.05) is 0 Å². The van der Waals surface area contributed by atoms with Crippen LogP contribution in [0.3, 0.4) is 0 Å². The minimum absolute atomic E-state index is 0.126. The summed E-state index contributed by atoms with van der Waals surface area (Å²) in [6.07, 6.45) is -3.72. The topological polar surface area (TPSA) is 50.9 Å². The van der Waals surface area contributed by atoms with Gasteiger partial charge in [0.25, 0.3) is 0 Å². The van der Waals surface area contributed by atoms with Crippen LogP contribution in [0, 0.1) is 0 Å². The third-order valence-corrected chi connectivity index (χ3v) is 1.65. The zero-order valence-corrected chi connectivity index (χ0v) is 7.30. The number of anilines is 1. The Kier molecular flexibility index (Phi) is 3.29. The van der Waals surface area contributed by atoms with Gasteiger partial charge in [-0.2, -0.15) is 13.2 Å². The summed E-state index contributed by atoms with van der Waals surface area (Å²) in [5.41, 5.74) is 3.27. The van der Waals surface area contributed by atoms with E-state index in [-0.39, 0.29) is 6.42 Å². The van der Waals surface area contributed by atoms with E-state index in [9.17, 15) is 13.2 Å². The number of alkyl halides is 3. The number of pyridine rings is 1. The predicted octanol–water partition coefficient (Wildman–Crippen LogP) is 1.86. The highest BCUT2D eigenvalue weighted by Gasteiger charge is 2.26. The first-order valence-corrected chi connectivity index (χ1v) is 3.99. The Labute approximate surface area is 79.1 Å². The molecule has 0 atom stereocenters. The number of nitrogens with one attached hydrogen (secondary N) is 1. The van der Waals surface area contributed by atoms with Crippen LogP contribution in [0.15, 0.2) is 18.3 Å². The van der Waals surface area contributed by atoms with Gasteiger partial charge in [-0.05, 0) is 18.6 Å². The minimum Gasteiger partial charge on any atom is -0.324 e. The van der Waals surface area contributed by atoms with Gasteiger partial charge in [0.1, 0.15) is 0 Å². The van der Waals surface area contributed by atoms with Gasteiger partial charge in [0.05, 0.1) is 5.69 Å². The first-order valence-electron chi connectivity index (χ1n) is 3.99. The van der Waals surface area contributed by atoms with Crippen molar-refractivity contribution >= 4 is 5.69 Å². The Morgan fingerprint density at radius 3 is 2.71 bits per heavy atom. The van der Waals surface area contributed by atoms with Crippen LogP contribution >= 0.6 is 0 Å². The van der Waals surface area contributed by atoms with Crippen LogP contribution < -0.4 is 11.3 Å². The molecule has 0 bridgehead atoms. The molecule has 0 aliphatic carbocycles. The van der Waals surface area contributed by atoms with Crippen molar-refractivity contribution < 1.29 is 13.2 Å². The highest BCUT2D eigenvalue weighted by Crippen LogP contribution is 2.21. The van der Waals surface area contributed by atoms with Crippen molar-refractivity contribution in [3.63, 3.8) is 0 Å². The molecule has 0 aromatic carbocycles. The van der Waals surface area contributed by atoms with Crippen LogP contribution in [-0.4, -0.2) is 11.2 Å². The molecule has 0 saturated carbocycles. The highest BCUT2D eigenvalue weighted by atomic mass is 19.4. The van der Waals surface area contributed by atoms with Gasteiger partial charge < -0.3 is 5.43 Å². The average molecular weight is 205 g/mol. The fraction of sp³-hybridized carbons (Fsp3) is 0.375. The number of nitrogens with two attached hydrogens (primary N) is 1. The quantitative estimate of drug-likeness (QED) is 0.585. The molecule has 3 N–H and O–H groups in total. The second-order valence-electron chi connectivity index (χ2n) is 2.80. The van der Waals surface area contributed by atoms with E-state index in [2.05, 4.69) is 10.4 Å². The van der Waals surface area contributed by atoms with Crippen LogP contribution in [0.1, 0.15) is 12.1 Å². The Hall–Kier alpha value is -1.30. The molecule has 78 valence electrons. The Bertz CT molecular complexity index is 298.